The molecule has 0 bridgehead atoms. The number of hydrogen-bond acceptors (Lipinski definition) is 4. The molecule has 4 nitrogen and oxygen atoms in total. The second-order valence-electron chi connectivity index (χ2n) is 5.96. The van der Waals surface area contributed by atoms with Gasteiger partial charge in [0, 0.05) is 17.4 Å². The summed E-state index contributed by atoms with van der Waals surface area (Å²) in [5, 5.41) is 2.09. The molecule has 0 fully saturated rings. The van der Waals surface area contributed by atoms with Crippen molar-refractivity contribution in [2.75, 3.05) is 6.54 Å². The molecule has 0 saturated heterocycles. The minimum absolute atomic E-state index is 0.582. The maximum Gasteiger partial charge on any atom is 0.195 e. The zero-order valence-corrected chi connectivity index (χ0v) is 14.6. The summed E-state index contributed by atoms with van der Waals surface area (Å²) in [5.41, 5.74) is 12.8. The minimum Gasteiger partial charge on any atom is -0.463 e. The molecule has 0 spiro atoms. The molecule has 0 aliphatic carbocycles. The first kappa shape index (κ1) is 15.2. The lowest BCUT2D eigenvalue weighted by Gasteiger charge is -2.07. The topological polar surface area (TPSA) is 56.5 Å². The van der Waals surface area contributed by atoms with Crippen LogP contribution in [0.25, 0.3) is 27.7 Å². The van der Waals surface area contributed by atoms with Crippen molar-refractivity contribution in [1.29, 1.82) is 0 Å². The van der Waals surface area contributed by atoms with E-state index >= 15 is 0 Å². The summed E-state index contributed by atoms with van der Waals surface area (Å²) in [4.78, 5) is 5.86. The van der Waals surface area contributed by atoms with Crippen molar-refractivity contribution in [3.63, 3.8) is 0 Å². The van der Waals surface area contributed by atoms with Crippen molar-refractivity contribution in [3.05, 3.63) is 58.8 Å². The molecule has 0 unspecified atom stereocenters. The first-order valence-electron chi connectivity index (χ1n) is 7.99. The monoisotopic (exact) mass is 337 g/mol. The van der Waals surface area contributed by atoms with E-state index in [4.69, 9.17) is 15.1 Å². The Labute approximate surface area is 144 Å². The number of nitrogens with zero attached hydrogens (tertiary/aromatic N) is 2. The Hall–Kier alpha value is -2.37. The largest absolute Gasteiger partial charge is 0.463 e. The Morgan fingerprint density at radius 1 is 1.21 bits per heavy atom. The Morgan fingerprint density at radius 2 is 2.08 bits per heavy atom. The van der Waals surface area contributed by atoms with E-state index in [1.54, 1.807) is 17.6 Å². The van der Waals surface area contributed by atoms with Crippen LogP contribution in [0.2, 0.25) is 0 Å². The Kier molecular flexibility index (Phi) is 3.75. The van der Waals surface area contributed by atoms with E-state index < -0.39 is 0 Å². The van der Waals surface area contributed by atoms with Gasteiger partial charge in [-0.05, 0) is 49.7 Å². The van der Waals surface area contributed by atoms with E-state index in [1.807, 2.05) is 12.1 Å². The highest BCUT2D eigenvalue weighted by Gasteiger charge is 2.19. The number of aromatic nitrogens is 2. The number of hydrogen-bond donors (Lipinski definition) is 1. The van der Waals surface area contributed by atoms with Gasteiger partial charge in [0.25, 0.3) is 0 Å². The van der Waals surface area contributed by atoms with Crippen molar-refractivity contribution in [1.82, 2.24) is 9.38 Å². The Bertz CT molecular complexity index is 995. The normalized spacial score (nSPS) is 11.5. The van der Waals surface area contributed by atoms with Crippen LogP contribution >= 0.6 is 11.3 Å². The Balaban J connectivity index is 1.96. The highest BCUT2D eigenvalue weighted by Crippen LogP contribution is 2.33. The van der Waals surface area contributed by atoms with Crippen molar-refractivity contribution < 1.29 is 4.42 Å². The number of imidazole rings is 1. The number of thiazole rings is 1. The summed E-state index contributed by atoms with van der Waals surface area (Å²) in [6, 6.07) is 10.4. The van der Waals surface area contributed by atoms with Crippen molar-refractivity contribution in [2.24, 2.45) is 5.73 Å². The number of nitrogens with two attached hydrogens (primary N) is 1. The zero-order chi connectivity index (χ0) is 16.7. The van der Waals surface area contributed by atoms with E-state index in [-0.39, 0.29) is 0 Å². The fourth-order valence-corrected chi connectivity index (χ4v) is 3.90. The van der Waals surface area contributed by atoms with Crippen molar-refractivity contribution >= 4 is 16.3 Å². The fourth-order valence-electron chi connectivity index (χ4n) is 3.00. The van der Waals surface area contributed by atoms with E-state index in [9.17, 15) is 0 Å². The van der Waals surface area contributed by atoms with Crippen LogP contribution in [0, 0.1) is 13.8 Å². The molecule has 3 aromatic heterocycles. The molecule has 0 saturated carbocycles. The minimum atomic E-state index is 0.582. The molecule has 2 N–H and O–H groups in total. The summed E-state index contributed by atoms with van der Waals surface area (Å²) in [7, 11) is 0. The van der Waals surface area contributed by atoms with E-state index in [2.05, 4.69) is 41.8 Å². The maximum absolute atomic E-state index is 5.89. The summed E-state index contributed by atoms with van der Waals surface area (Å²) in [6.45, 7) is 4.84. The highest BCUT2D eigenvalue weighted by atomic mass is 32.1. The summed E-state index contributed by atoms with van der Waals surface area (Å²) in [5.74, 6) is 0.851. The number of benzene rings is 1. The van der Waals surface area contributed by atoms with Gasteiger partial charge in [-0.2, -0.15) is 0 Å². The lowest BCUT2D eigenvalue weighted by molar-refractivity contribution is 0.579. The van der Waals surface area contributed by atoms with E-state index in [0.717, 1.165) is 39.8 Å². The van der Waals surface area contributed by atoms with Gasteiger partial charge in [-0.25, -0.2) is 4.98 Å². The van der Waals surface area contributed by atoms with Crippen LogP contribution in [-0.2, 0) is 6.42 Å². The Morgan fingerprint density at radius 3 is 2.79 bits per heavy atom. The van der Waals surface area contributed by atoms with Crippen LogP contribution in [0.1, 0.15) is 16.8 Å². The van der Waals surface area contributed by atoms with Crippen LogP contribution in [0.4, 0.5) is 0 Å². The first-order chi connectivity index (χ1) is 11.7. The van der Waals surface area contributed by atoms with E-state index in [1.165, 1.54) is 11.1 Å². The van der Waals surface area contributed by atoms with Crippen LogP contribution in [0.3, 0.4) is 0 Å². The van der Waals surface area contributed by atoms with Gasteiger partial charge in [-0.15, -0.1) is 11.3 Å². The second-order valence-corrected chi connectivity index (χ2v) is 6.80. The van der Waals surface area contributed by atoms with Gasteiger partial charge in [-0.1, -0.05) is 12.1 Å². The van der Waals surface area contributed by atoms with Crippen molar-refractivity contribution in [3.8, 4) is 22.7 Å². The number of rotatable bonds is 4. The third-order valence-electron chi connectivity index (χ3n) is 4.39. The van der Waals surface area contributed by atoms with Gasteiger partial charge in [0.05, 0.1) is 17.7 Å². The van der Waals surface area contributed by atoms with Gasteiger partial charge >= 0.3 is 0 Å². The fraction of sp³-hybridized carbons (Fsp3) is 0.211. The zero-order valence-electron chi connectivity index (χ0n) is 13.7. The van der Waals surface area contributed by atoms with Gasteiger partial charge in [0.1, 0.15) is 5.69 Å². The van der Waals surface area contributed by atoms with Crippen molar-refractivity contribution in [2.45, 2.75) is 20.3 Å². The SMILES string of the molecule is Cc1ccc(-c2nc3scc(-c4ccco4)n3c2CCN)cc1C. The van der Waals surface area contributed by atoms with Crippen LogP contribution in [-0.4, -0.2) is 15.9 Å². The molecule has 4 aromatic rings. The molecule has 3 heterocycles. The number of aryl methyl sites for hydroxylation is 2. The number of fused-ring (bicyclic) bond motifs is 1. The van der Waals surface area contributed by atoms with Gasteiger partial charge in [0.2, 0.25) is 0 Å². The average Bonchev–Trinajstić information content (AvgIpc) is 3.27. The van der Waals surface area contributed by atoms with Crippen LogP contribution in [0.15, 0.2) is 46.4 Å². The van der Waals surface area contributed by atoms with Crippen LogP contribution in [0.5, 0.6) is 0 Å². The van der Waals surface area contributed by atoms with E-state index in [0.29, 0.717) is 6.54 Å². The molecule has 0 atom stereocenters. The standard InChI is InChI=1S/C19H19N3OS/c1-12-5-6-14(10-13(12)2)18-15(7-8-20)22-16(11-24-19(22)21-18)17-4-3-9-23-17/h3-6,9-11H,7-8,20H2,1-2H3. The summed E-state index contributed by atoms with van der Waals surface area (Å²) >= 11 is 1.63. The average molecular weight is 337 g/mol. The lowest BCUT2D eigenvalue weighted by Crippen LogP contribution is -2.06. The molecule has 0 radical (unpaired) electrons. The lowest BCUT2D eigenvalue weighted by atomic mass is 10.0. The summed E-state index contributed by atoms with van der Waals surface area (Å²) < 4.78 is 7.78. The second kappa shape index (κ2) is 5.92. The molecule has 0 aliphatic rings. The van der Waals surface area contributed by atoms with Gasteiger partial charge in [0.15, 0.2) is 10.7 Å². The third-order valence-corrected chi connectivity index (χ3v) is 5.22. The molecule has 24 heavy (non-hydrogen) atoms. The smallest absolute Gasteiger partial charge is 0.195 e. The third kappa shape index (κ3) is 2.37. The first-order valence-corrected chi connectivity index (χ1v) is 8.87. The highest BCUT2D eigenvalue weighted by molar-refractivity contribution is 7.15. The number of furan rings is 1. The molecule has 4 rings (SSSR count). The quantitative estimate of drug-likeness (QED) is 0.599. The van der Waals surface area contributed by atoms with Gasteiger partial charge in [-0.3, -0.25) is 4.40 Å². The maximum atomic E-state index is 5.89. The molecular formula is C19H19N3OS. The van der Waals surface area contributed by atoms with Gasteiger partial charge < -0.3 is 10.2 Å². The predicted octanol–water partition coefficient (Wildman–Crippen LogP) is 4.44. The molecule has 0 amide bonds. The molecule has 1 aromatic carbocycles. The molecular weight excluding hydrogens is 318 g/mol. The summed E-state index contributed by atoms with van der Waals surface area (Å²) in [6.07, 6.45) is 2.47. The molecule has 0 aliphatic heterocycles. The predicted molar refractivity (Wildman–Crippen MR) is 98.4 cm³/mol. The van der Waals surface area contributed by atoms with Crippen LogP contribution < -0.4 is 5.73 Å². The molecule has 5 heteroatoms. The molecule has 122 valence electrons.